The Kier molecular flexibility index (Phi) is 10.1. The molecule has 110 valence electrons. The molecule has 0 saturated heterocycles. The van der Waals surface area contributed by atoms with E-state index in [-0.39, 0.29) is 13.0 Å². The van der Waals surface area contributed by atoms with Crippen LogP contribution < -0.4 is 0 Å². The first-order valence-corrected chi connectivity index (χ1v) is 7.38. The molecule has 0 saturated carbocycles. The van der Waals surface area contributed by atoms with E-state index in [4.69, 9.17) is 5.26 Å². The first-order chi connectivity index (χ1) is 9.10. The summed E-state index contributed by atoms with van der Waals surface area (Å²) in [7, 11) is 0. The van der Waals surface area contributed by atoms with Crippen molar-refractivity contribution < 1.29 is 13.9 Å². The molecule has 0 aliphatic carbocycles. The third-order valence-electron chi connectivity index (χ3n) is 3.15. The topological polar surface area (TPSA) is 50.1 Å². The molecule has 0 aromatic heterocycles. The van der Waals surface area contributed by atoms with Crippen LogP contribution in [-0.2, 0) is 9.53 Å². The summed E-state index contributed by atoms with van der Waals surface area (Å²) in [5.74, 6) is -1.04. The molecule has 0 amide bonds. The molecule has 4 heteroatoms. The number of carbonyl (C=O) groups excluding carboxylic acids is 1. The maximum Gasteiger partial charge on any atom is 0.358 e. The minimum Gasteiger partial charge on any atom is -0.463 e. The SMILES string of the molecule is CCCCCCCCCC[C@](F)(C#N)C(=O)OCC. The van der Waals surface area contributed by atoms with Crippen LogP contribution in [0.25, 0.3) is 0 Å². The first kappa shape index (κ1) is 17.9. The summed E-state index contributed by atoms with van der Waals surface area (Å²) in [4.78, 5) is 11.3. The van der Waals surface area contributed by atoms with Crippen LogP contribution in [0, 0.1) is 11.3 Å². The molecule has 0 radical (unpaired) electrons. The second-order valence-electron chi connectivity index (χ2n) is 4.86. The molecule has 1 atom stereocenters. The molecular formula is C15H26FNO2. The average molecular weight is 271 g/mol. The van der Waals surface area contributed by atoms with Crippen LogP contribution in [-0.4, -0.2) is 18.2 Å². The maximum absolute atomic E-state index is 13.9. The molecule has 0 bridgehead atoms. The van der Waals surface area contributed by atoms with Gasteiger partial charge in [-0.05, 0) is 13.3 Å². The number of hydrogen-bond donors (Lipinski definition) is 0. The number of hydrogen-bond acceptors (Lipinski definition) is 3. The van der Waals surface area contributed by atoms with Crippen LogP contribution in [0.15, 0.2) is 0 Å². The summed E-state index contributed by atoms with van der Waals surface area (Å²) in [6.07, 6.45) is 8.50. The van der Waals surface area contributed by atoms with E-state index in [1.165, 1.54) is 31.8 Å². The van der Waals surface area contributed by atoms with Gasteiger partial charge in [-0.3, -0.25) is 0 Å². The largest absolute Gasteiger partial charge is 0.463 e. The van der Waals surface area contributed by atoms with E-state index in [9.17, 15) is 9.18 Å². The molecule has 0 aliphatic heterocycles. The van der Waals surface area contributed by atoms with E-state index in [1.807, 2.05) is 0 Å². The average Bonchev–Trinajstić information content (AvgIpc) is 2.41. The minimum atomic E-state index is -2.46. The maximum atomic E-state index is 13.9. The molecule has 0 aromatic rings. The highest BCUT2D eigenvalue weighted by Gasteiger charge is 2.39. The van der Waals surface area contributed by atoms with E-state index in [0.717, 1.165) is 19.3 Å². The van der Waals surface area contributed by atoms with E-state index in [0.29, 0.717) is 6.42 Å². The lowest BCUT2D eigenvalue weighted by atomic mass is 9.98. The van der Waals surface area contributed by atoms with E-state index in [2.05, 4.69) is 11.7 Å². The third kappa shape index (κ3) is 7.81. The van der Waals surface area contributed by atoms with Crippen molar-refractivity contribution in [1.82, 2.24) is 0 Å². The highest BCUT2D eigenvalue weighted by molar-refractivity contribution is 5.82. The van der Waals surface area contributed by atoms with Crippen molar-refractivity contribution in [3.05, 3.63) is 0 Å². The molecular weight excluding hydrogens is 245 g/mol. The second-order valence-corrected chi connectivity index (χ2v) is 4.86. The van der Waals surface area contributed by atoms with E-state index in [1.54, 1.807) is 6.92 Å². The quantitative estimate of drug-likeness (QED) is 0.415. The smallest absolute Gasteiger partial charge is 0.358 e. The number of rotatable bonds is 11. The summed E-state index contributed by atoms with van der Waals surface area (Å²) >= 11 is 0. The van der Waals surface area contributed by atoms with Gasteiger partial charge in [0.05, 0.1) is 6.61 Å². The van der Waals surface area contributed by atoms with Crippen molar-refractivity contribution in [2.75, 3.05) is 6.61 Å². The number of alkyl halides is 1. The second kappa shape index (κ2) is 10.8. The summed E-state index contributed by atoms with van der Waals surface area (Å²) in [5.41, 5.74) is -2.46. The van der Waals surface area contributed by atoms with Gasteiger partial charge in [0, 0.05) is 6.42 Å². The number of nitriles is 1. The van der Waals surface area contributed by atoms with Gasteiger partial charge in [-0.1, -0.05) is 51.9 Å². The molecule has 3 nitrogen and oxygen atoms in total. The lowest BCUT2D eigenvalue weighted by molar-refractivity contribution is -0.153. The fourth-order valence-electron chi connectivity index (χ4n) is 1.95. The van der Waals surface area contributed by atoms with Crippen molar-refractivity contribution in [3.63, 3.8) is 0 Å². The predicted molar refractivity (Wildman–Crippen MR) is 73.3 cm³/mol. The molecule has 0 aliphatic rings. The summed E-state index contributed by atoms with van der Waals surface area (Å²) < 4.78 is 18.5. The highest BCUT2D eigenvalue weighted by atomic mass is 19.1. The Bertz CT molecular complexity index is 288. The summed E-state index contributed by atoms with van der Waals surface area (Å²) in [6.45, 7) is 3.88. The zero-order valence-corrected chi connectivity index (χ0v) is 12.2. The van der Waals surface area contributed by atoms with Gasteiger partial charge in [-0.25, -0.2) is 9.18 Å². The van der Waals surface area contributed by atoms with Crippen LogP contribution in [0.2, 0.25) is 0 Å². The van der Waals surface area contributed by atoms with Gasteiger partial charge >= 0.3 is 5.97 Å². The molecule has 0 spiro atoms. The Morgan fingerprint density at radius 2 is 1.63 bits per heavy atom. The minimum absolute atomic E-state index is 0.0582. The Labute approximate surface area is 116 Å². The van der Waals surface area contributed by atoms with Crippen molar-refractivity contribution >= 4 is 5.97 Å². The van der Waals surface area contributed by atoms with Gasteiger partial charge in [0.1, 0.15) is 6.07 Å². The first-order valence-electron chi connectivity index (χ1n) is 7.38. The Hall–Kier alpha value is -1.11. The van der Waals surface area contributed by atoms with Gasteiger partial charge in [0.15, 0.2) is 0 Å². The molecule has 0 rings (SSSR count). The molecule has 0 unspecified atom stereocenters. The van der Waals surface area contributed by atoms with Gasteiger partial charge in [0.2, 0.25) is 0 Å². The number of unbranched alkanes of at least 4 members (excludes halogenated alkanes) is 7. The lowest BCUT2D eigenvalue weighted by Gasteiger charge is -2.15. The number of halogens is 1. The number of esters is 1. The van der Waals surface area contributed by atoms with E-state index >= 15 is 0 Å². The van der Waals surface area contributed by atoms with E-state index < -0.39 is 11.6 Å². The Balaban J connectivity index is 3.73. The number of carbonyl (C=O) groups is 1. The van der Waals surface area contributed by atoms with Crippen molar-refractivity contribution in [1.29, 1.82) is 5.26 Å². The normalized spacial score (nSPS) is 13.6. The summed E-state index contributed by atoms with van der Waals surface area (Å²) in [6, 6.07) is 1.44. The molecule has 19 heavy (non-hydrogen) atoms. The monoisotopic (exact) mass is 271 g/mol. The molecule has 0 heterocycles. The predicted octanol–water partition coefficient (Wildman–Crippen LogP) is 4.31. The summed E-state index contributed by atoms with van der Waals surface area (Å²) in [5, 5.41) is 8.76. The highest BCUT2D eigenvalue weighted by Crippen LogP contribution is 2.22. The zero-order chi connectivity index (χ0) is 14.6. The fraction of sp³-hybridized carbons (Fsp3) is 0.867. The van der Waals surface area contributed by atoms with Gasteiger partial charge in [-0.2, -0.15) is 5.26 Å². The van der Waals surface area contributed by atoms with Gasteiger partial charge < -0.3 is 4.74 Å². The standard InChI is InChI=1S/C15H26FNO2/c1-3-5-6-7-8-9-10-11-12-15(16,13-17)14(18)19-4-2/h3-12H2,1-2H3/t15-/m0/s1. The Morgan fingerprint density at radius 1 is 1.11 bits per heavy atom. The van der Waals surface area contributed by atoms with Crippen LogP contribution in [0.4, 0.5) is 4.39 Å². The molecule has 0 aromatic carbocycles. The fourth-order valence-corrected chi connectivity index (χ4v) is 1.95. The lowest BCUT2D eigenvalue weighted by Crippen LogP contribution is -2.34. The van der Waals surface area contributed by atoms with Crippen molar-refractivity contribution in [2.24, 2.45) is 0 Å². The third-order valence-corrected chi connectivity index (χ3v) is 3.15. The van der Waals surface area contributed by atoms with Gasteiger partial charge in [-0.15, -0.1) is 0 Å². The molecule has 0 N–H and O–H groups in total. The zero-order valence-electron chi connectivity index (χ0n) is 12.2. The number of ether oxygens (including phenoxy) is 1. The van der Waals surface area contributed by atoms with Crippen molar-refractivity contribution in [2.45, 2.75) is 77.3 Å². The van der Waals surface area contributed by atoms with Crippen LogP contribution in [0.1, 0.15) is 71.6 Å². The van der Waals surface area contributed by atoms with Crippen LogP contribution in [0.5, 0.6) is 0 Å². The van der Waals surface area contributed by atoms with Crippen molar-refractivity contribution in [3.8, 4) is 6.07 Å². The number of nitrogens with zero attached hydrogens (tertiary/aromatic N) is 1. The van der Waals surface area contributed by atoms with Gasteiger partial charge in [0.25, 0.3) is 5.67 Å². The molecule has 0 fully saturated rings. The van der Waals surface area contributed by atoms with Crippen LogP contribution in [0.3, 0.4) is 0 Å². The Morgan fingerprint density at radius 3 is 2.11 bits per heavy atom. The van der Waals surface area contributed by atoms with Crippen LogP contribution >= 0.6 is 0 Å².